The Hall–Kier alpha value is -1.88. The minimum Gasteiger partial charge on any atom is -0.426 e. The lowest BCUT2D eigenvalue weighted by molar-refractivity contribution is -0.116. The zero-order chi connectivity index (χ0) is 13.0. The van der Waals surface area contributed by atoms with Gasteiger partial charge in [-0.2, -0.15) is 0 Å². The van der Waals surface area contributed by atoms with E-state index in [1.165, 1.54) is 0 Å². The van der Waals surface area contributed by atoms with Crippen LogP contribution in [-0.4, -0.2) is 16.1 Å². The first-order chi connectivity index (χ1) is 8.63. The maximum atomic E-state index is 11.7. The number of carbonyl (C=O) groups excluding carboxylic acids is 1. The molecule has 0 radical (unpaired) electrons. The summed E-state index contributed by atoms with van der Waals surface area (Å²) in [5.74, 6) is 0.849. The highest BCUT2D eigenvalue weighted by Crippen LogP contribution is 2.15. The highest BCUT2D eigenvalue weighted by molar-refractivity contribution is 6.30. The van der Waals surface area contributed by atoms with E-state index in [1.807, 2.05) is 0 Å². The number of hydrogen-bond donors (Lipinski definition) is 1. The van der Waals surface area contributed by atoms with Gasteiger partial charge in [-0.25, -0.2) is 0 Å². The highest BCUT2D eigenvalue weighted by Gasteiger charge is 2.07. The first kappa shape index (κ1) is 12.6. The molecule has 0 saturated heterocycles. The minimum absolute atomic E-state index is 0.117. The van der Waals surface area contributed by atoms with Crippen LogP contribution in [0.15, 0.2) is 28.7 Å². The van der Waals surface area contributed by atoms with E-state index in [0.717, 1.165) is 0 Å². The SMILES string of the molecule is Cc1nnc(CCC(=O)Nc2cccc(Cl)c2)o1. The molecule has 1 amide bonds. The van der Waals surface area contributed by atoms with Crippen LogP contribution in [0.5, 0.6) is 0 Å². The van der Waals surface area contributed by atoms with E-state index in [2.05, 4.69) is 15.5 Å². The van der Waals surface area contributed by atoms with Crippen LogP contribution in [0, 0.1) is 6.92 Å². The van der Waals surface area contributed by atoms with Crippen molar-refractivity contribution in [3.63, 3.8) is 0 Å². The Kier molecular flexibility index (Phi) is 3.94. The van der Waals surface area contributed by atoms with Crippen molar-refractivity contribution in [3.05, 3.63) is 41.1 Å². The number of halogens is 1. The van der Waals surface area contributed by atoms with Crippen LogP contribution < -0.4 is 5.32 Å². The van der Waals surface area contributed by atoms with Crippen molar-refractivity contribution in [2.45, 2.75) is 19.8 Å². The van der Waals surface area contributed by atoms with Crippen LogP contribution in [0.4, 0.5) is 5.69 Å². The number of carbonyl (C=O) groups is 1. The van der Waals surface area contributed by atoms with Crippen molar-refractivity contribution in [3.8, 4) is 0 Å². The van der Waals surface area contributed by atoms with Crippen LogP contribution in [0.2, 0.25) is 5.02 Å². The maximum Gasteiger partial charge on any atom is 0.224 e. The van der Waals surface area contributed by atoms with Crippen molar-refractivity contribution in [2.24, 2.45) is 0 Å². The molecule has 1 heterocycles. The molecule has 18 heavy (non-hydrogen) atoms. The largest absolute Gasteiger partial charge is 0.426 e. The summed E-state index contributed by atoms with van der Waals surface area (Å²) in [6.07, 6.45) is 0.710. The number of aryl methyl sites for hydroxylation is 2. The number of aromatic nitrogens is 2. The molecule has 1 aromatic carbocycles. The summed E-state index contributed by atoms with van der Waals surface area (Å²) in [6.45, 7) is 1.71. The number of benzene rings is 1. The van der Waals surface area contributed by atoms with Crippen LogP contribution in [0.3, 0.4) is 0 Å². The van der Waals surface area contributed by atoms with E-state index in [1.54, 1.807) is 31.2 Å². The average Bonchev–Trinajstić information content (AvgIpc) is 2.73. The molecule has 5 nitrogen and oxygen atoms in total. The van der Waals surface area contributed by atoms with E-state index in [4.69, 9.17) is 16.0 Å². The van der Waals surface area contributed by atoms with Crippen molar-refractivity contribution in [1.82, 2.24) is 10.2 Å². The smallest absolute Gasteiger partial charge is 0.224 e. The van der Waals surface area contributed by atoms with Gasteiger partial charge >= 0.3 is 0 Å². The Labute approximate surface area is 109 Å². The molecule has 0 spiro atoms. The third kappa shape index (κ3) is 3.56. The molecule has 6 heteroatoms. The van der Waals surface area contributed by atoms with Crippen molar-refractivity contribution >= 4 is 23.2 Å². The normalized spacial score (nSPS) is 10.3. The van der Waals surface area contributed by atoms with E-state index < -0.39 is 0 Å². The Balaban J connectivity index is 1.85. The molecule has 0 saturated carbocycles. The lowest BCUT2D eigenvalue weighted by Crippen LogP contribution is -2.12. The van der Waals surface area contributed by atoms with Crippen LogP contribution in [-0.2, 0) is 11.2 Å². The van der Waals surface area contributed by atoms with E-state index in [9.17, 15) is 4.79 Å². The number of nitrogens with one attached hydrogen (secondary N) is 1. The van der Waals surface area contributed by atoms with Gasteiger partial charge in [-0.3, -0.25) is 4.79 Å². The lowest BCUT2D eigenvalue weighted by Gasteiger charge is -2.04. The molecule has 2 rings (SSSR count). The Morgan fingerprint density at radius 1 is 1.44 bits per heavy atom. The molecular weight excluding hydrogens is 254 g/mol. The molecule has 0 aliphatic rings. The molecular formula is C12H12ClN3O2. The fraction of sp³-hybridized carbons (Fsp3) is 0.250. The first-order valence-corrected chi connectivity index (χ1v) is 5.86. The average molecular weight is 266 g/mol. The molecule has 0 unspecified atom stereocenters. The fourth-order valence-electron chi connectivity index (χ4n) is 1.45. The molecule has 2 aromatic rings. The molecule has 0 aliphatic carbocycles. The van der Waals surface area contributed by atoms with Gasteiger partial charge in [-0.1, -0.05) is 17.7 Å². The Morgan fingerprint density at radius 3 is 2.94 bits per heavy atom. The monoisotopic (exact) mass is 265 g/mol. The zero-order valence-electron chi connectivity index (χ0n) is 9.81. The van der Waals surface area contributed by atoms with Gasteiger partial charge in [0.1, 0.15) is 0 Å². The molecule has 94 valence electrons. The van der Waals surface area contributed by atoms with Crippen LogP contribution in [0.1, 0.15) is 18.2 Å². The van der Waals surface area contributed by atoms with Gasteiger partial charge in [0.05, 0.1) is 0 Å². The fourth-order valence-corrected chi connectivity index (χ4v) is 1.64. The zero-order valence-corrected chi connectivity index (χ0v) is 10.6. The summed E-state index contributed by atoms with van der Waals surface area (Å²) >= 11 is 5.82. The third-order valence-electron chi connectivity index (χ3n) is 2.24. The second-order valence-electron chi connectivity index (χ2n) is 3.77. The summed E-state index contributed by atoms with van der Waals surface area (Å²) in [7, 11) is 0. The van der Waals surface area contributed by atoms with Gasteiger partial charge in [0, 0.05) is 30.5 Å². The summed E-state index contributed by atoms with van der Waals surface area (Å²) in [5.41, 5.74) is 0.675. The standard InChI is InChI=1S/C12H12ClN3O2/c1-8-15-16-12(18-8)6-5-11(17)14-10-4-2-3-9(13)7-10/h2-4,7H,5-6H2,1H3,(H,14,17). The lowest BCUT2D eigenvalue weighted by atomic mass is 10.2. The predicted molar refractivity (Wildman–Crippen MR) is 67.4 cm³/mol. The highest BCUT2D eigenvalue weighted by atomic mass is 35.5. The van der Waals surface area contributed by atoms with Crippen molar-refractivity contribution < 1.29 is 9.21 Å². The second-order valence-corrected chi connectivity index (χ2v) is 4.21. The van der Waals surface area contributed by atoms with Gasteiger partial charge in [-0.05, 0) is 18.2 Å². The number of nitrogens with zero attached hydrogens (tertiary/aromatic N) is 2. The van der Waals surface area contributed by atoms with Gasteiger partial charge in [0.2, 0.25) is 17.7 Å². The Bertz CT molecular complexity index is 554. The molecule has 0 fully saturated rings. The summed E-state index contributed by atoms with van der Waals surface area (Å²) in [4.78, 5) is 11.7. The summed E-state index contributed by atoms with van der Waals surface area (Å²) < 4.78 is 5.18. The number of rotatable bonds is 4. The third-order valence-corrected chi connectivity index (χ3v) is 2.48. The minimum atomic E-state index is -0.117. The predicted octanol–water partition coefficient (Wildman–Crippen LogP) is 2.60. The molecule has 0 aliphatic heterocycles. The number of amides is 1. The molecule has 0 atom stereocenters. The van der Waals surface area contributed by atoms with Crippen LogP contribution in [0.25, 0.3) is 0 Å². The summed E-state index contributed by atoms with van der Waals surface area (Å²) in [5, 5.41) is 10.8. The quantitative estimate of drug-likeness (QED) is 0.923. The number of hydrogen-bond acceptors (Lipinski definition) is 4. The molecule has 1 N–H and O–H groups in total. The topological polar surface area (TPSA) is 68.0 Å². The van der Waals surface area contributed by atoms with Gasteiger partial charge in [0.25, 0.3) is 0 Å². The van der Waals surface area contributed by atoms with E-state index in [0.29, 0.717) is 28.9 Å². The van der Waals surface area contributed by atoms with E-state index in [-0.39, 0.29) is 12.3 Å². The maximum absolute atomic E-state index is 11.7. The second kappa shape index (κ2) is 5.64. The van der Waals surface area contributed by atoms with E-state index >= 15 is 0 Å². The molecule has 0 bridgehead atoms. The molecule has 1 aromatic heterocycles. The van der Waals surface area contributed by atoms with Crippen LogP contribution >= 0.6 is 11.6 Å². The van der Waals surface area contributed by atoms with Crippen molar-refractivity contribution in [1.29, 1.82) is 0 Å². The van der Waals surface area contributed by atoms with Gasteiger partial charge in [0.15, 0.2) is 0 Å². The Morgan fingerprint density at radius 2 is 2.28 bits per heavy atom. The number of anilines is 1. The summed E-state index contributed by atoms with van der Waals surface area (Å²) in [6, 6.07) is 6.99. The van der Waals surface area contributed by atoms with Gasteiger partial charge < -0.3 is 9.73 Å². The van der Waals surface area contributed by atoms with Gasteiger partial charge in [-0.15, -0.1) is 10.2 Å². The first-order valence-electron chi connectivity index (χ1n) is 5.48. The van der Waals surface area contributed by atoms with Crippen molar-refractivity contribution in [2.75, 3.05) is 5.32 Å².